The van der Waals surface area contributed by atoms with E-state index in [1.165, 1.54) is 25.2 Å². The molecule has 0 fully saturated rings. The molecule has 0 spiro atoms. The smallest absolute Gasteiger partial charge is 0.315 e. The molecule has 0 aliphatic rings. The lowest BCUT2D eigenvalue weighted by Crippen LogP contribution is -2.48. The Morgan fingerprint density at radius 3 is 2.32 bits per heavy atom. The number of benzene rings is 1. The lowest BCUT2D eigenvalue weighted by Gasteiger charge is -2.31. The highest BCUT2D eigenvalue weighted by atomic mass is 32.2. The lowest BCUT2D eigenvalue weighted by molar-refractivity contribution is -0.148. The molecule has 34 heavy (non-hydrogen) atoms. The molecule has 0 radical (unpaired) electrons. The summed E-state index contributed by atoms with van der Waals surface area (Å²) < 4.78 is 59.1. The van der Waals surface area contributed by atoms with E-state index < -0.39 is 41.8 Å². The molecule has 190 valence electrons. The van der Waals surface area contributed by atoms with Crippen molar-refractivity contribution >= 4 is 28.2 Å². The Morgan fingerprint density at radius 1 is 1.18 bits per heavy atom. The number of ether oxygens (including phenoxy) is 1. The number of thiazole rings is 1. The topological polar surface area (TPSA) is 80.3 Å². The van der Waals surface area contributed by atoms with Gasteiger partial charge in [0.2, 0.25) is 0 Å². The molecule has 2 rings (SSSR count). The Kier molecular flexibility index (Phi) is 9.81. The van der Waals surface area contributed by atoms with E-state index >= 15 is 0 Å². The predicted molar refractivity (Wildman–Crippen MR) is 130 cm³/mol. The molecule has 0 aliphatic heterocycles. The van der Waals surface area contributed by atoms with Gasteiger partial charge in [-0.2, -0.15) is 8.78 Å². The van der Waals surface area contributed by atoms with Crippen LogP contribution in [0.15, 0.2) is 30.5 Å². The van der Waals surface area contributed by atoms with Gasteiger partial charge in [-0.25, -0.2) is 13.9 Å². The van der Waals surface area contributed by atoms with Gasteiger partial charge in [0.25, 0.3) is 5.91 Å². The van der Waals surface area contributed by atoms with Crippen molar-refractivity contribution in [3.05, 3.63) is 41.0 Å². The first-order valence-electron chi connectivity index (χ1n) is 10.8. The van der Waals surface area contributed by atoms with Gasteiger partial charge in [0.05, 0.1) is 39.4 Å². The molecule has 3 unspecified atom stereocenters. The van der Waals surface area contributed by atoms with E-state index in [0.29, 0.717) is 5.56 Å². The van der Waals surface area contributed by atoms with E-state index in [-0.39, 0.29) is 17.2 Å². The van der Waals surface area contributed by atoms with Gasteiger partial charge in [-0.15, -0.1) is 11.3 Å². The Balaban J connectivity index is 2.13. The highest BCUT2D eigenvalue weighted by Crippen LogP contribution is 2.32. The number of aromatic nitrogens is 1. The summed E-state index contributed by atoms with van der Waals surface area (Å²) in [5.41, 5.74) is 0.136. The van der Waals surface area contributed by atoms with Crippen molar-refractivity contribution in [3.63, 3.8) is 0 Å². The van der Waals surface area contributed by atoms with Crippen LogP contribution >= 0.6 is 11.3 Å². The second-order valence-corrected chi connectivity index (χ2v) is 12.3. The van der Waals surface area contributed by atoms with Crippen LogP contribution in [0.1, 0.15) is 70.7 Å². The highest BCUT2D eigenvalue weighted by Gasteiger charge is 2.29. The number of nitrogens with one attached hydrogen (secondary N) is 2. The molecule has 1 aromatic heterocycles. The first kappa shape index (κ1) is 28.4. The Bertz CT molecular complexity index is 976. The molecule has 2 aromatic rings. The normalized spacial score (nSPS) is 15.2. The average Bonchev–Trinajstić information content (AvgIpc) is 3.22. The van der Waals surface area contributed by atoms with Crippen LogP contribution in [0, 0.1) is 0 Å². The van der Waals surface area contributed by atoms with Gasteiger partial charge < -0.3 is 10.1 Å². The zero-order chi connectivity index (χ0) is 25.7. The summed E-state index contributed by atoms with van der Waals surface area (Å²) in [6, 6.07) is 7.05. The number of carbonyl (C=O) groups is 1. The summed E-state index contributed by atoms with van der Waals surface area (Å²) in [5, 5.41) is 2.92. The standard InChI is InChI=1S/C23H32F3N3O3S2/c1-14(29-34(31)22(2,3)4)21-27-13-18(33-21)16-9-7-15(8-10-16)17(11-12-24)32-23(5,6)28-20(30)19(25)26/h7-10,13-14,17,19,29H,11-12H2,1-6H3,(H,28,30). The van der Waals surface area contributed by atoms with Gasteiger partial charge in [-0.1, -0.05) is 24.3 Å². The minimum absolute atomic E-state index is 0.00608. The minimum atomic E-state index is -3.17. The first-order chi connectivity index (χ1) is 15.7. The molecule has 0 saturated heterocycles. The van der Waals surface area contributed by atoms with E-state index in [1.54, 1.807) is 18.3 Å². The molecule has 6 nitrogen and oxygen atoms in total. The quantitative estimate of drug-likeness (QED) is 0.387. The summed E-state index contributed by atoms with van der Waals surface area (Å²) in [5.74, 6) is -1.45. The monoisotopic (exact) mass is 519 g/mol. The molecule has 11 heteroatoms. The van der Waals surface area contributed by atoms with Gasteiger partial charge in [0.1, 0.15) is 10.7 Å². The molecule has 1 aromatic carbocycles. The maximum Gasteiger partial charge on any atom is 0.315 e. The van der Waals surface area contributed by atoms with E-state index in [2.05, 4.69) is 15.0 Å². The number of alkyl halides is 3. The van der Waals surface area contributed by atoms with Crippen molar-refractivity contribution in [2.24, 2.45) is 0 Å². The zero-order valence-corrected chi connectivity index (χ0v) is 21.8. The first-order valence-corrected chi connectivity index (χ1v) is 12.8. The van der Waals surface area contributed by atoms with Gasteiger partial charge >= 0.3 is 6.43 Å². The summed E-state index contributed by atoms with van der Waals surface area (Å²) in [6.45, 7) is 9.79. The molecule has 2 N–H and O–H groups in total. The maximum atomic E-state index is 13.2. The van der Waals surface area contributed by atoms with Gasteiger partial charge in [-0.05, 0) is 52.7 Å². The summed E-state index contributed by atoms with van der Waals surface area (Å²) in [7, 11) is -1.22. The molecule has 1 heterocycles. The van der Waals surface area contributed by atoms with Crippen molar-refractivity contribution in [1.82, 2.24) is 15.0 Å². The van der Waals surface area contributed by atoms with Crippen molar-refractivity contribution < 1.29 is 26.9 Å². The van der Waals surface area contributed by atoms with Crippen LogP contribution in [0.5, 0.6) is 0 Å². The van der Waals surface area contributed by atoms with E-state index in [1.807, 2.05) is 39.8 Å². The molecular formula is C23H32F3N3O3S2. The van der Waals surface area contributed by atoms with Crippen molar-refractivity contribution in [1.29, 1.82) is 0 Å². The number of rotatable bonds is 11. The van der Waals surface area contributed by atoms with Crippen LogP contribution in [-0.2, 0) is 20.5 Å². The Labute approximate surface area is 205 Å². The van der Waals surface area contributed by atoms with E-state index in [0.717, 1.165) is 15.4 Å². The molecule has 3 atom stereocenters. The van der Waals surface area contributed by atoms with Crippen LogP contribution in [-0.4, -0.2) is 38.7 Å². The second-order valence-electron chi connectivity index (χ2n) is 9.29. The Morgan fingerprint density at radius 2 is 1.79 bits per heavy atom. The minimum Gasteiger partial charge on any atom is -0.348 e. The fourth-order valence-corrected chi connectivity index (χ4v) is 4.79. The highest BCUT2D eigenvalue weighted by molar-refractivity contribution is 7.84. The van der Waals surface area contributed by atoms with Crippen molar-refractivity contribution in [2.75, 3.05) is 6.67 Å². The second kappa shape index (κ2) is 11.7. The largest absolute Gasteiger partial charge is 0.348 e. The van der Waals surface area contributed by atoms with Crippen molar-refractivity contribution in [2.45, 2.75) is 77.0 Å². The van der Waals surface area contributed by atoms with Gasteiger partial charge in [0.15, 0.2) is 0 Å². The van der Waals surface area contributed by atoms with Crippen LogP contribution in [0.25, 0.3) is 10.4 Å². The number of hydrogen-bond acceptors (Lipinski definition) is 5. The average molecular weight is 520 g/mol. The fourth-order valence-electron chi connectivity index (χ4n) is 3.00. The van der Waals surface area contributed by atoms with Crippen LogP contribution in [0.3, 0.4) is 0 Å². The fraction of sp³-hybridized carbons (Fsp3) is 0.565. The van der Waals surface area contributed by atoms with Gasteiger partial charge in [0, 0.05) is 12.6 Å². The third kappa shape index (κ3) is 8.14. The third-order valence-corrected chi connectivity index (χ3v) is 7.64. The van der Waals surface area contributed by atoms with Gasteiger partial charge in [-0.3, -0.25) is 9.18 Å². The van der Waals surface area contributed by atoms with Crippen molar-refractivity contribution in [3.8, 4) is 10.4 Å². The van der Waals surface area contributed by atoms with Crippen LogP contribution < -0.4 is 10.0 Å². The number of hydrogen-bond donors (Lipinski definition) is 2. The lowest BCUT2D eigenvalue weighted by atomic mass is 10.0. The summed E-state index contributed by atoms with van der Waals surface area (Å²) in [4.78, 5) is 16.7. The molecule has 0 bridgehead atoms. The molecule has 0 aliphatic carbocycles. The molecular weight excluding hydrogens is 487 g/mol. The predicted octanol–water partition coefficient (Wildman–Crippen LogP) is 5.46. The number of carbonyl (C=O) groups excluding carboxylic acids is 1. The molecule has 0 saturated carbocycles. The SMILES string of the molecule is CC(NS(=O)C(C)(C)C)c1ncc(-c2ccc(C(CCF)OC(C)(C)NC(=O)C(F)F)cc2)s1. The maximum absolute atomic E-state index is 13.2. The zero-order valence-electron chi connectivity index (χ0n) is 20.2. The van der Waals surface area contributed by atoms with E-state index in [4.69, 9.17) is 4.74 Å². The van der Waals surface area contributed by atoms with Crippen LogP contribution in [0.2, 0.25) is 0 Å². The number of halogens is 3. The Hall–Kier alpha value is -1.82. The number of amides is 1. The van der Waals surface area contributed by atoms with Crippen LogP contribution in [0.4, 0.5) is 13.2 Å². The summed E-state index contributed by atoms with van der Waals surface area (Å²) >= 11 is 1.47. The van der Waals surface area contributed by atoms with E-state index in [9.17, 15) is 22.2 Å². The third-order valence-electron chi connectivity index (χ3n) is 4.73. The molecule has 1 amide bonds. The summed E-state index contributed by atoms with van der Waals surface area (Å²) in [6.07, 6.45) is -2.16. The number of nitrogens with zero attached hydrogens (tertiary/aromatic N) is 1.